The molecule has 1 aliphatic heterocycles. The summed E-state index contributed by atoms with van der Waals surface area (Å²) < 4.78 is 16.5. The first-order chi connectivity index (χ1) is 15.8. The minimum Gasteiger partial charge on any atom is -0.497 e. The largest absolute Gasteiger partial charge is 0.497 e. The second-order valence-corrected chi connectivity index (χ2v) is 9.31. The standard InChI is InChI=1S/C28H31NO4/c1-28(2,3)21-9-5-19(6-10-21)24(20-7-12-23(31-4)13-8-20)18-27(30)29-22-11-14-25-26(17-22)33-16-15-32-25/h5-14,17,24H,15-16,18H2,1-4H3,(H,29,30). The van der Waals surface area contributed by atoms with Gasteiger partial charge in [-0.15, -0.1) is 0 Å². The summed E-state index contributed by atoms with van der Waals surface area (Å²) in [5, 5.41) is 3.02. The predicted octanol–water partition coefficient (Wildman–Crippen LogP) is 5.92. The molecule has 1 atom stereocenters. The summed E-state index contributed by atoms with van der Waals surface area (Å²) in [6.45, 7) is 7.64. The molecule has 172 valence electrons. The van der Waals surface area contributed by atoms with E-state index >= 15 is 0 Å². The minimum absolute atomic E-state index is 0.0626. The Morgan fingerprint density at radius 1 is 0.909 bits per heavy atom. The number of hydrogen-bond donors (Lipinski definition) is 1. The van der Waals surface area contributed by atoms with Crippen molar-refractivity contribution in [2.75, 3.05) is 25.6 Å². The van der Waals surface area contributed by atoms with Crippen molar-refractivity contribution < 1.29 is 19.0 Å². The molecule has 3 aromatic carbocycles. The molecule has 3 aromatic rings. The fourth-order valence-corrected chi connectivity index (χ4v) is 4.00. The quantitative estimate of drug-likeness (QED) is 0.511. The van der Waals surface area contributed by atoms with Gasteiger partial charge in [0, 0.05) is 24.1 Å². The Kier molecular flexibility index (Phi) is 6.59. The van der Waals surface area contributed by atoms with Crippen molar-refractivity contribution in [3.8, 4) is 17.2 Å². The molecule has 4 rings (SSSR count). The lowest BCUT2D eigenvalue weighted by atomic mass is 9.83. The van der Waals surface area contributed by atoms with Crippen LogP contribution in [0.15, 0.2) is 66.7 Å². The smallest absolute Gasteiger partial charge is 0.225 e. The van der Waals surface area contributed by atoms with Crippen molar-refractivity contribution in [2.24, 2.45) is 0 Å². The topological polar surface area (TPSA) is 56.8 Å². The molecule has 1 heterocycles. The second kappa shape index (κ2) is 9.57. The molecule has 0 spiro atoms. The Hall–Kier alpha value is -3.47. The average Bonchev–Trinajstić information content (AvgIpc) is 2.82. The highest BCUT2D eigenvalue weighted by atomic mass is 16.6. The molecule has 1 amide bonds. The number of anilines is 1. The molecule has 0 fully saturated rings. The van der Waals surface area contributed by atoms with E-state index < -0.39 is 0 Å². The van der Waals surface area contributed by atoms with Gasteiger partial charge in [-0.25, -0.2) is 0 Å². The SMILES string of the molecule is COc1ccc(C(CC(=O)Nc2ccc3c(c2)OCCO3)c2ccc(C(C)(C)C)cc2)cc1. The van der Waals surface area contributed by atoms with E-state index in [1.54, 1.807) is 7.11 Å². The number of fused-ring (bicyclic) bond motifs is 1. The molecule has 1 unspecified atom stereocenters. The van der Waals surface area contributed by atoms with E-state index in [2.05, 4.69) is 50.4 Å². The third-order valence-electron chi connectivity index (χ3n) is 5.91. The van der Waals surface area contributed by atoms with Crippen LogP contribution >= 0.6 is 0 Å². The number of carbonyl (C=O) groups is 1. The lowest BCUT2D eigenvalue weighted by molar-refractivity contribution is -0.116. The molecule has 0 saturated carbocycles. The van der Waals surface area contributed by atoms with E-state index in [4.69, 9.17) is 14.2 Å². The van der Waals surface area contributed by atoms with Crippen LogP contribution in [0.3, 0.4) is 0 Å². The van der Waals surface area contributed by atoms with E-state index in [0.717, 1.165) is 16.9 Å². The van der Waals surface area contributed by atoms with Crippen LogP contribution in [0.2, 0.25) is 0 Å². The van der Waals surface area contributed by atoms with Crippen LogP contribution < -0.4 is 19.5 Å². The van der Waals surface area contributed by atoms with Crippen LogP contribution in [0.5, 0.6) is 17.2 Å². The van der Waals surface area contributed by atoms with Crippen molar-refractivity contribution in [2.45, 2.75) is 38.5 Å². The number of nitrogens with one attached hydrogen (secondary N) is 1. The first-order valence-electron chi connectivity index (χ1n) is 11.3. The molecule has 0 aromatic heterocycles. The summed E-state index contributed by atoms with van der Waals surface area (Å²) in [6, 6.07) is 22.0. The molecule has 0 bridgehead atoms. The zero-order chi connectivity index (χ0) is 23.4. The van der Waals surface area contributed by atoms with Gasteiger partial charge in [-0.1, -0.05) is 57.2 Å². The predicted molar refractivity (Wildman–Crippen MR) is 131 cm³/mol. The monoisotopic (exact) mass is 445 g/mol. The van der Waals surface area contributed by atoms with Crippen LogP contribution in [-0.4, -0.2) is 26.2 Å². The van der Waals surface area contributed by atoms with Gasteiger partial charge in [0.1, 0.15) is 19.0 Å². The Morgan fingerprint density at radius 3 is 2.12 bits per heavy atom. The maximum atomic E-state index is 13.1. The van der Waals surface area contributed by atoms with Crippen molar-refractivity contribution in [1.29, 1.82) is 0 Å². The van der Waals surface area contributed by atoms with Crippen LogP contribution in [0, 0.1) is 0 Å². The molecule has 1 aliphatic rings. The molecule has 5 heteroatoms. The number of rotatable bonds is 6. The Labute approximate surface area is 195 Å². The molecule has 0 saturated heterocycles. The zero-order valence-electron chi connectivity index (χ0n) is 19.7. The Balaban J connectivity index is 1.57. The maximum Gasteiger partial charge on any atom is 0.225 e. The summed E-state index contributed by atoms with van der Waals surface area (Å²) in [6.07, 6.45) is 0.315. The van der Waals surface area contributed by atoms with Crippen molar-refractivity contribution in [3.05, 3.63) is 83.4 Å². The van der Waals surface area contributed by atoms with Gasteiger partial charge in [0.2, 0.25) is 5.91 Å². The number of ether oxygens (including phenoxy) is 3. The summed E-state index contributed by atoms with van der Waals surface area (Å²) in [7, 11) is 1.65. The lowest BCUT2D eigenvalue weighted by Crippen LogP contribution is -2.18. The van der Waals surface area contributed by atoms with Crippen LogP contribution in [-0.2, 0) is 10.2 Å². The van der Waals surface area contributed by atoms with E-state index in [1.807, 2.05) is 42.5 Å². The van der Waals surface area contributed by atoms with Crippen LogP contribution in [0.25, 0.3) is 0 Å². The van der Waals surface area contributed by atoms with E-state index in [0.29, 0.717) is 36.8 Å². The summed E-state index contributed by atoms with van der Waals surface area (Å²) in [5.74, 6) is 2.01. The number of benzene rings is 3. The van der Waals surface area contributed by atoms with Crippen molar-refractivity contribution in [3.63, 3.8) is 0 Å². The molecule has 0 radical (unpaired) electrons. The van der Waals surface area contributed by atoms with Gasteiger partial charge < -0.3 is 19.5 Å². The number of methoxy groups -OCH3 is 1. The van der Waals surface area contributed by atoms with E-state index in [9.17, 15) is 4.79 Å². The van der Waals surface area contributed by atoms with Gasteiger partial charge in [0.15, 0.2) is 11.5 Å². The van der Waals surface area contributed by atoms with E-state index in [1.165, 1.54) is 5.56 Å². The minimum atomic E-state index is -0.0814. The van der Waals surface area contributed by atoms with Crippen LogP contribution in [0.4, 0.5) is 5.69 Å². The van der Waals surface area contributed by atoms with Crippen molar-refractivity contribution in [1.82, 2.24) is 0 Å². The fourth-order valence-electron chi connectivity index (χ4n) is 4.00. The molecular weight excluding hydrogens is 414 g/mol. The average molecular weight is 446 g/mol. The second-order valence-electron chi connectivity index (χ2n) is 9.31. The van der Waals surface area contributed by atoms with Crippen molar-refractivity contribution >= 4 is 11.6 Å². The molecule has 1 N–H and O–H groups in total. The maximum absolute atomic E-state index is 13.1. The zero-order valence-corrected chi connectivity index (χ0v) is 19.7. The number of hydrogen-bond acceptors (Lipinski definition) is 4. The van der Waals surface area contributed by atoms with Gasteiger partial charge >= 0.3 is 0 Å². The molecule has 0 aliphatic carbocycles. The highest BCUT2D eigenvalue weighted by Gasteiger charge is 2.21. The first kappa shape index (κ1) is 22.7. The van der Waals surface area contributed by atoms with Crippen LogP contribution in [0.1, 0.15) is 49.8 Å². The summed E-state index contributed by atoms with van der Waals surface area (Å²) in [4.78, 5) is 13.1. The Bertz CT molecular complexity index is 1100. The Morgan fingerprint density at radius 2 is 1.52 bits per heavy atom. The first-order valence-corrected chi connectivity index (χ1v) is 11.3. The van der Waals surface area contributed by atoms with Gasteiger partial charge in [-0.3, -0.25) is 4.79 Å². The molecule has 5 nitrogen and oxygen atoms in total. The van der Waals surface area contributed by atoms with Gasteiger partial charge in [0.05, 0.1) is 7.11 Å². The van der Waals surface area contributed by atoms with Gasteiger partial charge in [-0.05, 0) is 46.4 Å². The van der Waals surface area contributed by atoms with Gasteiger partial charge in [-0.2, -0.15) is 0 Å². The molecule has 33 heavy (non-hydrogen) atoms. The lowest BCUT2D eigenvalue weighted by Gasteiger charge is -2.22. The fraction of sp³-hybridized carbons (Fsp3) is 0.321. The third-order valence-corrected chi connectivity index (χ3v) is 5.91. The normalized spacial score (nSPS) is 13.8. The van der Waals surface area contributed by atoms with E-state index in [-0.39, 0.29) is 17.2 Å². The summed E-state index contributed by atoms with van der Waals surface area (Å²) >= 11 is 0. The highest BCUT2D eigenvalue weighted by Crippen LogP contribution is 2.34. The van der Waals surface area contributed by atoms with Gasteiger partial charge in [0.25, 0.3) is 0 Å². The summed E-state index contributed by atoms with van der Waals surface area (Å²) in [5.41, 5.74) is 4.20. The number of amides is 1. The molecular formula is C28H31NO4. The highest BCUT2D eigenvalue weighted by molar-refractivity contribution is 5.92. The third kappa shape index (κ3) is 5.48. The number of carbonyl (C=O) groups excluding carboxylic acids is 1.